The van der Waals surface area contributed by atoms with E-state index in [4.69, 9.17) is 4.74 Å². The fraction of sp³-hybridized carbons (Fsp3) is 0.250. The Bertz CT molecular complexity index is 577. The molecule has 1 atom stereocenters. The lowest BCUT2D eigenvalue weighted by molar-refractivity contribution is 0.209. The number of anilines is 1. The molecule has 0 amide bonds. The fourth-order valence-electron chi connectivity index (χ4n) is 2.39. The summed E-state index contributed by atoms with van der Waals surface area (Å²) in [5, 5.41) is 3.44. The molecule has 18 heavy (non-hydrogen) atoms. The summed E-state index contributed by atoms with van der Waals surface area (Å²) in [4.78, 5) is 0. The average Bonchev–Trinajstić information content (AvgIpc) is 2.38. The van der Waals surface area contributed by atoms with Gasteiger partial charge < -0.3 is 10.1 Å². The summed E-state index contributed by atoms with van der Waals surface area (Å²) in [5.74, 6) is 0.953. The predicted molar refractivity (Wildman–Crippen MR) is 74.2 cm³/mol. The van der Waals surface area contributed by atoms with Crippen LogP contribution in [0.2, 0.25) is 0 Å². The summed E-state index contributed by atoms with van der Waals surface area (Å²) >= 11 is 0. The van der Waals surface area contributed by atoms with Crippen LogP contribution in [-0.2, 0) is 0 Å². The van der Waals surface area contributed by atoms with E-state index in [0.717, 1.165) is 18.0 Å². The second-order valence-corrected chi connectivity index (χ2v) is 4.84. The number of rotatable bonds is 1. The molecule has 2 aromatic carbocycles. The van der Waals surface area contributed by atoms with Gasteiger partial charge in [-0.05, 0) is 42.7 Å². The van der Waals surface area contributed by atoms with Gasteiger partial charge in [0, 0.05) is 0 Å². The van der Waals surface area contributed by atoms with Gasteiger partial charge in [0.1, 0.15) is 11.9 Å². The fourth-order valence-corrected chi connectivity index (χ4v) is 2.39. The highest BCUT2D eigenvalue weighted by molar-refractivity contribution is 5.59. The highest BCUT2D eigenvalue weighted by Crippen LogP contribution is 2.35. The van der Waals surface area contributed by atoms with E-state index in [2.05, 4.69) is 61.6 Å². The second kappa shape index (κ2) is 4.37. The van der Waals surface area contributed by atoms with Gasteiger partial charge in [0.25, 0.3) is 0 Å². The molecule has 1 unspecified atom stereocenters. The first-order valence-corrected chi connectivity index (χ1v) is 6.31. The Morgan fingerprint density at radius 3 is 2.78 bits per heavy atom. The number of benzene rings is 2. The SMILES string of the molecule is Cc1ccc2c(c1)OC(c1ccccc1C)CN2. The van der Waals surface area contributed by atoms with Crippen molar-refractivity contribution in [3.63, 3.8) is 0 Å². The minimum atomic E-state index is 0.0977. The van der Waals surface area contributed by atoms with Crippen LogP contribution in [0, 0.1) is 13.8 Å². The molecule has 0 aliphatic carbocycles. The summed E-state index contributed by atoms with van der Waals surface area (Å²) in [5.41, 5.74) is 4.85. The highest BCUT2D eigenvalue weighted by Gasteiger charge is 2.21. The zero-order valence-electron chi connectivity index (χ0n) is 10.7. The monoisotopic (exact) mass is 239 g/mol. The van der Waals surface area contributed by atoms with Crippen molar-refractivity contribution < 1.29 is 4.74 Å². The number of hydrogen-bond donors (Lipinski definition) is 1. The van der Waals surface area contributed by atoms with Gasteiger partial charge >= 0.3 is 0 Å². The Labute approximate surface area is 108 Å². The molecule has 2 nitrogen and oxygen atoms in total. The van der Waals surface area contributed by atoms with Gasteiger partial charge in [0.15, 0.2) is 0 Å². The highest BCUT2D eigenvalue weighted by atomic mass is 16.5. The number of hydrogen-bond acceptors (Lipinski definition) is 2. The van der Waals surface area contributed by atoms with Crippen molar-refractivity contribution in [2.24, 2.45) is 0 Å². The smallest absolute Gasteiger partial charge is 0.143 e. The lowest BCUT2D eigenvalue weighted by atomic mass is 10.0. The van der Waals surface area contributed by atoms with E-state index in [-0.39, 0.29) is 6.10 Å². The average molecular weight is 239 g/mol. The van der Waals surface area contributed by atoms with Crippen molar-refractivity contribution in [2.45, 2.75) is 20.0 Å². The van der Waals surface area contributed by atoms with Crippen molar-refractivity contribution in [3.05, 3.63) is 59.2 Å². The van der Waals surface area contributed by atoms with Gasteiger partial charge in [-0.2, -0.15) is 0 Å². The Hall–Kier alpha value is -1.96. The van der Waals surface area contributed by atoms with E-state index < -0.39 is 0 Å². The number of nitrogens with one attached hydrogen (secondary N) is 1. The van der Waals surface area contributed by atoms with E-state index >= 15 is 0 Å². The zero-order chi connectivity index (χ0) is 12.5. The van der Waals surface area contributed by atoms with E-state index in [9.17, 15) is 0 Å². The third kappa shape index (κ3) is 1.94. The minimum Gasteiger partial charge on any atom is -0.482 e. The normalized spacial score (nSPS) is 17.6. The predicted octanol–water partition coefficient (Wildman–Crippen LogP) is 3.85. The van der Waals surface area contributed by atoms with Crippen LogP contribution >= 0.6 is 0 Å². The molecule has 0 bridgehead atoms. The molecule has 1 aliphatic heterocycles. The van der Waals surface area contributed by atoms with Crippen molar-refractivity contribution >= 4 is 5.69 Å². The maximum atomic E-state index is 6.12. The van der Waals surface area contributed by atoms with E-state index in [1.54, 1.807) is 0 Å². The van der Waals surface area contributed by atoms with Crippen LogP contribution in [0.4, 0.5) is 5.69 Å². The Balaban J connectivity index is 1.93. The van der Waals surface area contributed by atoms with Gasteiger partial charge in [-0.15, -0.1) is 0 Å². The van der Waals surface area contributed by atoms with Crippen molar-refractivity contribution in [3.8, 4) is 5.75 Å². The third-order valence-electron chi connectivity index (χ3n) is 3.42. The molecule has 2 heteroatoms. The molecule has 0 spiro atoms. The number of aryl methyl sites for hydroxylation is 2. The maximum absolute atomic E-state index is 6.12. The summed E-state index contributed by atoms with van der Waals surface area (Å²) in [6.07, 6.45) is 0.0977. The Morgan fingerprint density at radius 2 is 1.94 bits per heavy atom. The summed E-state index contributed by atoms with van der Waals surface area (Å²) in [6, 6.07) is 14.7. The molecule has 0 aromatic heterocycles. The molecule has 1 N–H and O–H groups in total. The molecule has 0 radical (unpaired) electrons. The largest absolute Gasteiger partial charge is 0.482 e. The quantitative estimate of drug-likeness (QED) is 0.816. The van der Waals surface area contributed by atoms with Crippen LogP contribution in [0.3, 0.4) is 0 Å². The van der Waals surface area contributed by atoms with Crippen molar-refractivity contribution in [2.75, 3.05) is 11.9 Å². The molecular weight excluding hydrogens is 222 g/mol. The first-order valence-electron chi connectivity index (χ1n) is 6.31. The topological polar surface area (TPSA) is 21.3 Å². The van der Waals surface area contributed by atoms with Crippen molar-refractivity contribution in [1.82, 2.24) is 0 Å². The zero-order valence-corrected chi connectivity index (χ0v) is 10.7. The Morgan fingerprint density at radius 1 is 1.11 bits per heavy atom. The summed E-state index contributed by atoms with van der Waals surface area (Å²) in [7, 11) is 0. The van der Waals surface area contributed by atoms with Gasteiger partial charge in [0.05, 0.1) is 12.2 Å². The van der Waals surface area contributed by atoms with Crippen LogP contribution in [0.25, 0.3) is 0 Å². The lowest BCUT2D eigenvalue weighted by Gasteiger charge is -2.28. The van der Waals surface area contributed by atoms with Crippen LogP contribution in [0.1, 0.15) is 22.8 Å². The van der Waals surface area contributed by atoms with Crippen LogP contribution in [0.15, 0.2) is 42.5 Å². The van der Waals surface area contributed by atoms with Crippen LogP contribution in [0.5, 0.6) is 5.75 Å². The first kappa shape index (κ1) is 11.1. The van der Waals surface area contributed by atoms with Crippen LogP contribution < -0.4 is 10.1 Å². The van der Waals surface area contributed by atoms with Gasteiger partial charge in [-0.25, -0.2) is 0 Å². The maximum Gasteiger partial charge on any atom is 0.143 e. The number of fused-ring (bicyclic) bond motifs is 1. The van der Waals surface area contributed by atoms with E-state index in [1.165, 1.54) is 16.7 Å². The molecule has 92 valence electrons. The van der Waals surface area contributed by atoms with Crippen LogP contribution in [-0.4, -0.2) is 6.54 Å². The van der Waals surface area contributed by atoms with E-state index in [1.807, 2.05) is 0 Å². The van der Waals surface area contributed by atoms with Gasteiger partial charge in [-0.3, -0.25) is 0 Å². The standard InChI is InChI=1S/C16H17NO/c1-11-7-8-14-15(9-11)18-16(10-17-14)13-6-4-3-5-12(13)2/h3-9,16-17H,10H2,1-2H3. The molecule has 1 aliphatic rings. The number of ether oxygens (including phenoxy) is 1. The molecule has 3 rings (SSSR count). The molecule has 0 fully saturated rings. The van der Waals surface area contributed by atoms with Gasteiger partial charge in [0.2, 0.25) is 0 Å². The second-order valence-electron chi connectivity index (χ2n) is 4.84. The molecule has 2 aromatic rings. The lowest BCUT2D eigenvalue weighted by Crippen LogP contribution is -2.24. The molecule has 0 saturated carbocycles. The molecule has 1 heterocycles. The Kier molecular flexibility index (Phi) is 2.71. The van der Waals surface area contributed by atoms with Crippen molar-refractivity contribution in [1.29, 1.82) is 0 Å². The third-order valence-corrected chi connectivity index (χ3v) is 3.42. The molecule has 0 saturated heterocycles. The minimum absolute atomic E-state index is 0.0977. The summed E-state index contributed by atoms with van der Waals surface area (Å²) in [6.45, 7) is 5.03. The first-order chi connectivity index (χ1) is 8.74. The van der Waals surface area contributed by atoms with E-state index in [0.29, 0.717) is 0 Å². The van der Waals surface area contributed by atoms with Gasteiger partial charge in [-0.1, -0.05) is 30.3 Å². The summed E-state index contributed by atoms with van der Waals surface area (Å²) < 4.78 is 6.12. The molecular formula is C16H17NO.